The molecule has 4 nitrogen and oxygen atoms in total. The van der Waals surface area contributed by atoms with Gasteiger partial charge in [-0.1, -0.05) is 97.1 Å². The van der Waals surface area contributed by atoms with E-state index in [-0.39, 0.29) is 0 Å². The fourth-order valence-corrected chi connectivity index (χ4v) is 5.17. The van der Waals surface area contributed by atoms with Crippen molar-refractivity contribution >= 4 is 11.8 Å². The predicted octanol–water partition coefficient (Wildman–Crippen LogP) is 8.99. The van der Waals surface area contributed by atoms with E-state index in [0.29, 0.717) is 30.4 Å². The minimum absolute atomic E-state index is 0.566. The third-order valence-corrected chi connectivity index (χ3v) is 7.30. The Morgan fingerprint density at radius 2 is 1.45 bits per heavy atom. The van der Waals surface area contributed by atoms with E-state index in [4.69, 9.17) is 15.0 Å². The molecule has 0 bridgehead atoms. The van der Waals surface area contributed by atoms with E-state index in [2.05, 4.69) is 98.2 Å². The van der Waals surface area contributed by atoms with Crippen LogP contribution in [0.5, 0.6) is 0 Å². The highest BCUT2D eigenvalue weighted by molar-refractivity contribution is 5.75. The number of allylic oxidation sites excluding steroid dienone is 2. The molecule has 0 radical (unpaired) electrons. The van der Waals surface area contributed by atoms with Gasteiger partial charge in [-0.05, 0) is 84.5 Å². The van der Waals surface area contributed by atoms with E-state index in [9.17, 15) is 0 Å². The summed E-state index contributed by atoms with van der Waals surface area (Å²) in [5.41, 5.74) is 10.4. The van der Waals surface area contributed by atoms with Gasteiger partial charge < -0.3 is 0 Å². The molecule has 0 spiro atoms. The lowest BCUT2D eigenvalue weighted by Crippen LogP contribution is -2.04. The van der Waals surface area contributed by atoms with Crippen LogP contribution in [0.2, 0.25) is 0 Å². The Morgan fingerprint density at radius 1 is 0.762 bits per heavy atom. The SMILES string of the molecule is C=CCc1nc(-c2ccccc2)nc(-c2cc(Cc3ccccc3-c3ccccc3C)cc(/C(=C/C)CN=CC)c2)n1. The molecule has 5 rings (SSSR count). The first-order valence-electron chi connectivity index (χ1n) is 14.4. The topological polar surface area (TPSA) is 51.0 Å². The lowest BCUT2D eigenvalue weighted by molar-refractivity contribution is 0.948. The summed E-state index contributed by atoms with van der Waals surface area (Å²) in [6.45, 7) is 10.7. The Morgan fingerprint density at radius 3 is 2.17 bits per heavy atom. The van der Waals surface area contributed by atoms with E-state index >= 15 is 0 Å². The molecular formula is C38H36N4. The average Bonchev–Trinajstić information content (AvgIpc) is 3.02. The number of aliphatic imine (C=N–C) groups is 1. The zero-order valence-electron chi connectivity index (χ0n) is 24.6. The third-order valence-electron chi connectivity index (χ3n) is 7.30. The molecular weight excluding hydrogens is 512 g/mol. The standard InChI is InChI=1S/C38H36N4/c1-5-15-36-40-37(30-17-9-8-10-18-30)42-38(41-36)33-24-28(23-32(25-33)29(6-2)26-39-7-3)22-31-19-12-14-21-35(31)34-20-13-11-16-27(34)4/h5-14,16-21,23-25H,1,15,22,26H2,2-4H3/b29-6+,39-7?. The second kappa shape index (κ2) is 13.6. The average molecular weight is 549 g/mol. The highest BCUT2D eigenvalue weighted by Gasteiger charge is 2.15. The van der Waals surface area contributed by atoms with Crippen LogP contribution in [-0.2, 0) is 12.8 Å². The van der Waals surface area contributed by atoms with E-state index in [1.165, 1.54) is 27.8 Å². The van der Waals surface area contributed by atoms with Crippen LogP contribution in [0.25, 0.3) is 39.5 Å². The molecule has 0 amide bonds. The van der Waals surface area contributed by atoms with Gasteiger partial charge in [0.25, 0.3) is 0 Å². The van der Waals surface area contributed by atoms with Gasteiger partial charge >= 0.3 is 0 Å². The van der Waals surface area contributed by atoms with Crippen LogP contribution in [0.1, 0.15) is 41.9 Å². The molecule has 0 saturated heterocycles. The van der Waals surface area contributed by atoms with Crippen molar-refractivity contribution in [1.82, 2.24) is 15.0 Å². The summed E-state index contributed by atoms with van der Waals surface area (Å²) in [6, 6.07) is 34.0. The Bertz CT molecular complexity index is 1750. The number of nitrogens with zero attached hydrogens (tertiary/aromatic N) is 4. The number of aryl methyl sites for hydroxylation is 1. The maximum absolute atomic E-state index is 4.96. The van der Waals surface area contributed by atoms with Crippen molar-refractivity contribution in [2.45, 2.75) is 33.6 Å². The normalized spacial score (nSPS) is 11.6. The minimum atomic E-state index is 0.566. The third kappa shape index (κ3) is 6.67. The second-order valence-electron chi connectivity index (χ2n) is 10.2. The second-order valence-corrected chi connectivity index (χ2v) is 10.2. The summed E-state index contributed by atoms with van der Waals surface area (Å²) in [7, 11) is 0. The van der Waals surface area contributed by atoms with Crippen LogP contribution in [0.15, 0.2) is 121 Å². The van der Waals surface area contributed by atoms with Gasteiger partial charge in [-0.3, -0.25) is 4.99 Å². The molecule has 0 aliphatic rings. The molecule has 0 aliphatic carbocycles. The molecule has 0 unspecified atom stereocenters. The van der Waals surface area contributed by atoms with E-state index in [1.54, 1.807) is 0 Å². The molecule has 0 fully saturated rings. The lowest BCUT2D eigenvalue weighted by atomic mass is 9.90. The van der Waals surface area contributed by atoms with Gasteiger partial charge in [-0.25, -0.2) is 15.0 Å². The first kappa shape index (κ1) is 28.6. The lowest BCUT2D eigenvalue weighted by Gasteiger charge is -2.15. The van der Waals surface area contributed by atoms with Crippen molar-refractivity contribution in [3.63, 3.8) is 0 Å². The van der Waals surface area contributed by atoms with Crippen LogP contribution >= 0.6 is 0 Å². The van der Waals surface area contributed by atoms with Gasteiger partial charge in [0, 0.05) is 17.5 Å². The Kier molecular flexibility index (Phi) is 9.25. The highest BCUT2D eigenvalue weighted by atomic mass is 15.0. The summed E-state index contributed by atoms with van der Waals surface area (Å²) in [5.74, 6) is 2.02. The summed E-state index contributed by atoms with van der Waals surface area (Å²) in [6.07, 6.45) is 7.17. The van der Waals surface area contributed by atoms with Crippen molar-refractivity contribution in [3.05, 3.63) is 144 Å². The molecule has 0 atom stereocenters. The van der Waals surface area contributed by atoms with Gasteiger partial charge in [-0.2, -0.15) is 0 Å². The number of aromatic nitrogens is 3. The molecule has 1 heterocycles. The van der Waals surface area contributed by atoms with Gasteiger partial charge in [0.1, 0.15) is 5.82 Å². The fourth-order valence-electron chi connectivity index (χ4n) is 5.17. The van der Waals surface area contributed by atoms with Gasteiger partial charge in [0.2, 0.25) is 0 Å². The Balaban J connectivity index is 1.66. The first-order chi connectivity index (χ1) is 20.6. The smallest absolute Gasteiger partial charge is 0.163 e. The van der Waals surface area contributed by atoms with E-state index in [0.717, 1.165) is 28.7 Å². The molecule has 0 aliphatic heterocycles. The fraction of sp³-hybridized carbons (Fsp3) is 0.158. The largest absolute Gasteiger partial charge is 0.293 e. The zero-order valence-corrected chi connectivity index (χ0v) is 24.6. The zero-order chi connectivity index (χ0) is 29.3. The molecule has 0 N–H and O–H groups in total. The van der Waals surface area contributed by atoms with Crippen LogP contribution in [0.4, 0.5) is 0 Å². The first-order valence-corrected chi connectivity index (χ1v) is 14.4. The molecule has 4 heteroatoms. The molecule has 1 aromatic heterocycles. The Hall–Kier alpha value is -4.96. The van der Waals surface area contributed by atoms with Crippen LogP contribution in [-0.4, -0.2) is 27.7 Å². The van der Waals surface area contributed by atoms with Crippen molar-refractivity contribution in [2.24, 2.45) is 4.99 Å². The molecule has 0 saturated carbocycles. The number of benzene rings is 4. The molecule has 208 valence electrons. The van der Waals surface area contributed by atoms with Crippen molar-refractivity contribution in [1.29, 1.82) is 0 Å². The summed E-state index contributed by atoms with van der Waals surface area (Å²) < 4.78 is 0. The molecule has 4 aromatic carbocycles. The minimum Gasteiger partial charge on any atom is -0.293 e. The van der Waals surface area contributed by atoms with E-state index in [1.807, 2.05) is 49.5 Å². The van der Waals surface area contributed by atoms with Gasteiger partial charge in [0.15, 0.2) is 11.6 Å². The van der Waals surface area contributed by atoms with Crippen molar-refractivity contribution in [3.8, 4) is 33.9 Å². The maximum Gasteiger partial charge on any atom is 0.163 e. The van der Waals surface area contributed by atoms with Crippen molar-refractivity contribution < 1.29 is 0 Å². The highest BCUT2D eigenvalue weighted by Crippen LogP contribution is 2.31. The quantitative estimate of drug-likeness (QED) is 0.129. The predicted molar refractivity (Wildman–Crippen MR) is 177 cm³/mol. The summed E-state index contributed by atoms with van der Waals surface area (Å²) in [5, 5.41) is 0. The molecule has 5 aromatic rings. The maximum atomic E-state index is 4.96. The van der Waals surface area contributed by atoms with Gasteiger partial charge in [-0.15, -0.1) is 6.58 Å². The van der Waals surface area contributed by atoms with Crippen molar-refractivity contribution in [2.75, 3.05) is 6.54 Å². The van der Waals surface area contributed by atoms with Crippen LogP contribution in [0.3, 0.4) is 0 Å². The Labute approximate surface area is 249 Å². The number of rotatable bonds is 10. The molecule has 42 heavy (non-hydrogen) atoms. The van der Waals surface area contributed by atoms with Gasteiger partial charge in [0.05, 0.1) is 6.54 Å². The summed E-state index contributed by atoms with van der Waals surface area (Å²) in [4.78, 5) is 19.2. The van der Waals surface area contributed by atoms with E-state index < -0.39 is 0 Å². The number of hydrogen-bond donors (Lipinski definition) is 0. The number of hydrogen-bond acceptors (Lipinski definition) is 4. The van der Waals surface area contributed by atoms with Crippen LogP contribution in [0, 0.1) is 6.92 Å². The van der Waals surface area contributed by atoms with Crippen LogP contribution < -0.4 is 0 Å². The summed E-state index contributed by atoms with van der Waals surface area (Å²) >= 11 is 0. The monoisotopic (exact) mass is 548 g/mol.